The summed E-state index contributed by atoms with van der Waals surface area (Å²) in [5.74, 6) is 0.0184. The van der Waals surface area contributed by atoms with Crippen molar-refractivity contribution in [1.29, 1.82) is 0 Å². The highest BCUT2D eigenvalue weighted by molar-refractivity contribution is 5.95. The summed E-state index contributed by atoms with van der Waals surface area (Å²) in [5, 5.41) is 7.26. The number of nitrogens with one attached hydrogen (secondary N) is 1. The van der Waals surface area contributed by atoms with Crippen LogP contribution in [0.3, 0.4) is 0 Å². The van der Waals surface area contributed by atoms with Gasteiger partial charge in [-0.15, -0.1) is 0 Å². The molecule has 1 fully saturated rings. The molecular formula is C17H20N4O2. The van der Waals surface area contributed by atoms with Gasteiger partial charge in [0.2, 0.25) is 5.91 Å². The van der Waals surface area contributed by atoms with Gasteiger partial charge in [-0.05, 0) is 31.0 Å². The van der Waals surface area contributed by atoms with E-state index in [2.05, 4.69) is 10.4 Å². The van der Waals surface area contributed by atoms with Crippen LogP contribution in [0, 0.1) is 0 Å². The summed E-state index contributed by atoms with van der Waals surface area (Å²) in [6, 6.07) is 11.4. The standard InChI is InChI=1S/C17H20N4O2/c1-20(2)16(22)11-18-17(23)15-10-14(12-8-9-12)19-21(15)13-6-4-3-5-7-13/h3-7,10,12H,8-9,11H2,1-2H3,(H,18,23). The van der Waals surface area contributed by atoms with Gasteiger partial charge in [0.1, 0.15) is 5.69 Å². The molecule has 1 aliphatic carbocycles. The Morgan fingerprint density at radius 3 is 2.57 bits per heavy atom. The van der Waals surface area contributed by atoms with Crippen LogP contribution < -0.4 is 5.32 Å². The van der Waals surface area contributed by atoms with Gasteiger partial charge in [-0.3, -0.25) is 9.59 Å². The molecule has 0 aliphatic heterocycles. The van der Waals surface area contributed by atoms with E-state index in [-0.39, 0.29) is 18.4 Å². The van der Waals surface area contributed by atoms with Crippen molar-refractivity contribution in [3.8, 4) is 5.69 Å². The molecule has 6 heteroatoms. The fraction of sp³-hybridized carbons (Fsp3) is 0.353. The third-order valence-electron chi connectivity index (χ3n) is 3.86. The zero-order valence-corrected chi connectivity index (χ0v) is 13.3. The summed E-state index contributed by atoms with van der Waals surface area (Å²) in [6.07, 6.45) is 2.23. The van der Waals surface area contributed by atoms with E-state index in [4.69, 9.17) is 0 Å². The van der Waals surface area contributed by atoms with Gasteiger partial charge >= 0.3 is 0 Å². The van der Waals surface area contributed by atoms with Gasteiger partial charge in [-0.25, -0.2) is 4.68 Å². The van der Waals surface area contributed by atoms with Crippen molar-refractivity contribution in [1.82, 2.24) is 20.0 Å². The van der Waals surface area contributed by atoms with E-state index in [1.165, 1.54) is 4.90 Å². The second-order valence-electron chi connectivity index (χ2n) is 5.95. The number of carbonyl (C=O) groups excluding carboxylic acids is 2. The van der Waals surface area contributed by atoms with E-state index in [9.17, 15) is 9.59 Å². The topological polar surface area (TPSA) is 67.2 Å². The zero-order valence-electron chi connectivity index (χ0n) is 13.3. The van der Waals surface area contributed by atoms with Crippen LogP contribution in [0.25, 0.3) is 5.69 Å². The van der Waals surface area contributed by atoms with Crippen molar-refractivity contribution < 1.29 is 9.59 Å². The van der Waals surface area contributed by atoms with Crippen LogP contribution in [0.5, 0.6) is 0 Å². The highest BCUT2D eigenvalue weighted by atomic mass is 16.2. The molecule has 1 heterocycles. The van der Waals surface area contributed by atoms with E-state index < -0.39 is 0 Å². The molecule has 0 saturated heterocycles. The van der Waals surface area contributed by atoms with Crippen LogP contribution in [-0.4, -0.2) is 47.1 Å². The molecule has 23 heavy (non-hydrogen) atoms. The number of para-hydroxylation sites is 1. The fourth-order valence-corrected chi connectivity index (χ4v) is 2.31. The van der Waals surface area contributed by atoms with E-state index in [0.717, 1.165) is 24.2 Å². The molecule has 2 aromatic rings. The Morgan fingerprint density at radius 1 is 1.26 bits per heavy atom. The van der Waals surface area contributed by atoms with Crippen molar-refractivity contribution in [2.75, 3.05) is 20.6 Å². The molecule has 0 unspecified atom stereocenters. The van der Waals surface area contributed by atoms with Gasteiger partial charge in [-0.1, -0.05) is 18.2 Å². The second-order valence-corrected chi connectivity index (χ2v) is 5.95. The summed E-state index contributed by atoms with van der Waals surface area (Å²) < 4.78 is 1.66. The van der Waals surface area contributed by atoms with Crippen LogP contribution in [0.2, 0.25) is 0 Å². The third kappa shape index (κ3) is 3.41. The maximum atomic E-state index is 12.5. The third-order valence-corrected chi connectivity index (χ3v) is 3.86. The number of amides is 2. The maximum Gasteiger partial charge on any atom is 0.270 e. The Labute approximate surface area is 135 Å². The molecule has 3 rings (SSSR count). The van der Waals surface area contributed by atoms with Crippen molar-refractivity contribution in [3.05, 3.63) is 47.8 Å². The highest BCUT2D eigenvalue weighted by Gasteiger charge is 2.29. The predicted molar refractivity (Wildman–Crippen MR) is 86.6 cm³/mol. The molecule has 1 aromatic carbocycles. The number of hydrogen-bond donors (Lipinski definition) is 1. The molecule has 0 bridgehead atoms. The number of rotatable bonds is 5. The van der Waals surface area contributed by atoms with Gasteiger partial charge in [0.15, 0.2) is 0 Å². The van der Waals surface area contributed by atoms with E-state index >= 15 is 0 Å². The molecule has 1 N–H and O–H groups in total. The summed E-state index contributed by atoms with van der Waals surface area (Å²) >= 11 is 0. The first kappa shape index (κ1) is 15.3. The average Bonchev–Trinajstić information content (AvgIpc) is 3.31. The minimum absolute atomic E-state index is 0.0232. The van der Waals surface area contributed by atoms with E-state index in [0.29, 0.717) is 11.6 Å². The summed E-state index contributed by atoms with van der Waals surface area (Å²) in [5.41, 5.74) is 2.24. The normalized spacial score (nSPS) is 13.7. The minimum Gasteiger partial charge on any atom is -0.347 e. The van der Waals surface area contributed by atoms with Gasteiger partial charge in [-0.2, -0.15) is 5.10 Å². The Bertz CT molecular complexity index is 717. The lowest BCUT2D eigenvalue weighted by molar-refractivity contribution is -0.127. The van der Waals surface area contributed by atoms with E-state index in [1.807, 2.05) is 36.4 Å². The van der Waals surface area contributed by atoms with E-state index in [1.54, 1.807) is 18.8 Å². The average molecular weight is 312 g/mol. The quantitative estimate of drug-likeness (QED) is 0.911. The number of carbonyl (C=O) groups is 2. The van der Waals surface area contributed by atoms with Crippen molar-refractivity contribution in [2.45, 2.75) is 18.8 Å². The first-order valence-corrected chi connectivity index (χ1v) is 7.70. The largest absolute Gasteiger partial charge is 0.347 e. The Balaban J connectivity index is 1.85. The summed E-state index contributed by atoms with van der Waals surface area (Å²) in [7, 11) is 3.32. The molecule has 1 saturated carbocycles. The summed E-state index contributed by atoms with van der Waals surface area (Å²) in [6.45, 7) is -0.0232. The molecule has 1 aromatic heterocycles. The Morgan fingerprint density at radius 2 is 1.96 bits per heavy atom. The Kier molecular flexibility index (Phi) is 4.14. The van der Waals surface area contributed by atoms with Crippen LogP contribution >= 0.6 is 0 Å². The van der Waals surface area contributed by atoms with Crippen LogP contribution in [0.15, 0.2) is 36.4 Å². The lowest BCUT2D eigenvalue weighted by atomic mass is 10.2. The zero-order chi connectivity index (χ0) is 16.4. The van der Waals surface area contributed by atoms with Crippen molar-refractivity contribution in [2.24, 2.45) is 0 Å². The molecule has 120 valence electrons. The predicted octanol–water partition coefficient (Wildman–Crippen LogP) is 1.57. The van der Waals surface area contributed by atoms with Crippen molar-refractivity contribution in [3.63, 3.8) is 0 Å². The number of aromatic nitrogens is 2. The molecular weight excluding hydrogens is 292 g/mol. The SMILES string of the molecule is CN(C)C(=O)CNC(=O)c1cc(C2CC2)nn1-c1ccccc1. The molecule has 0 radical (unpaired) electrons. The smallest absolute Gasteiger partial charge is 0.270 e. The number of likely N-dealkylation sites (N-methyl/N-ethyl adjacent to an activating group) is 1. The lowest BCUT2D eigenvalue weighted by Gasteiger charge is -2.11. The second kappa shape index (κ2) is 6.24. The minimum atomic E-state index is -0.288. The maximum absolute atomic E-state index is 12.5. The molecule has 2 amide bonds. The molecule has 0 spiro atoms. The monoisotopic (exact) mass is 312 g/mol. The van der Waals surface area contributed by atoms with Gasteiger partial charge in [0, 0.05) is 20.0 Å². The molecule has 0 atom stereocenters. The lowest BCUT2D eigenvalue weighted by Crippen LogP contribution is -2.36. The number of hydrogen-bond acceptors (Lipinski definition) is 3. The molecule has 1 aliphatic rings. The number of nitrogens with zero attached hydrogens (tertiary/aromatic N) is 3. The van der Waals surface area contributed by atoms with Crippen LogP contribution in [0.1, 0.15) is 34.9 Å². The highest BCUT2D eigenvalue weighted by Crippen LogP contribution is 2.39. The first-order valence-electron chi connectivity index (χ1n) is 7.70. The van der Waals surface area contributed by atoms with Crippen molar-refractivity contribution >= 4 is 11.8 Å². The Hall–Kier alpha value is -2.63. The van der Waals surface area contributed by atoms with Crippen LogP contribution in [0.4, 0.5) is 0 Å². The van der Waals surface area contributed by atoms with Gasteiger partial charge in [0.25, 0.3) is 5.91 Å². The fourth-order valence-electron chi connectivity index (χ4n) is 2.31. The van der Waals surface area contributed by atoms with Crippen LogP contribution in [-0.2, 0) is 4.79 Å². The molecule has 6 nitrogen and oxygen atoms in total. The van der Waals surface area contributed by atoms with Gasteiger partial charge < -0.3 is 10.2 Å². The van der Waals surface area contributed by atoms with Gasteiger partial charge in [0.05, 0.1) is 17.9 Å². The number of benzene rings is 1. The first-order chi connectivity index (χ1) is 11.1. The summed E-state index contributed by atoms with van der Waals surface area (Å²) in [4.78, 5) is 25.6.